The van der Waals surface area contributed by atoms with Crippen LogP contribution in [0.2, 0.25) is 0 Å². The molecule has 6 nitrogen and oxygen atoms in total. The highest BCUT2D eigenvalue weighted by Crippen LogP contribution is 2.46. The van der Waals surface area contributed by atoms with Gasteiger partial charge in [0.1, 0.15) is 16.9 Å². The summed E-state index contributed by atoms with van der Waals surface area (Å²) in [5, 5.41) is 0.976. The van der Waals surface area contributed by atoms with E-state index < -0.39 is 17.5 Å². The standard InChI is InChI=1S/C28H18O6/c1-15-11-22-26(18(12-23(29)33-22)16-7-3-2-4-8-16)28-25(15)19(13-24(30)34-28)20-14-32-21-10-6-5-9-17(21)27(20)31/h2-12,14,19H,13H2,1H3. The molecule has 166 valence electrons. The van der Waals surface area contributed by atoms with Gasteiger partial charge in [-0.3, -0.25) is 9.59 Å². The summed E-state index contributed by atoms with van der Waals surface area (Å²) in [6.07, 6.45) is 1.43. The number of ether oxygens (including phenoxy) is 1. The molecule has 0 radical (unpaired) electrons. The van der Waals surface area contributed by atoms with Crippen LogP contribution in [0.1, 0.15) is 29.0 Å². The van der Waals surface area contributed by atoms with Crippen LogP contribution in [0, 0.1) is 6.92 Å². The number of carbonyl (C=O) groups excluding carboxylic acids is 1. The summed E-state index contributed by atoms with van der Waals surface area (Å²) in [7, 11) is 0. The van der Waals surface area contributed by atoms with Crippen LogP contribution in [0.25, 0.3) is 33.1 Å². The number of aryl methyl sites for hydroxylation is 1. The van der Waals surface area contributed by atoms with Gasteiger partial charge >= 0.3 is 11.6 Å². The lowest BCUT2D eigenvalue weighted by atomic mass is 9.82. The molecule has 3 heterocycles. The summed E-state index contributed by atoms with van der Waals surface area (Å²) in [5.41, 5.74) is 3.35. The van der Waals surface area contributed by atoms with E-state index in [9.17, 15) is 14.4 Å². The predicted molar refractivity (Wildman–Crippen MR) is 127 cm³/mol. The Bertz CT molecular complexity index is 1730. The Kier molecular flexibility index (Phi) is 4.48. The second-order valence-electron chi connectivity index (χ2n) is 8.40. The lowest BCUT2D eigenvalue weighted by molar-refractivity contribution is -0.135. The van der Waals surface area contributed by atoms with Crippen LogP contribution in [0.4, 0.5) is 0 Å². The van der Waals surface area contributed by atoms with Crippen molar-refractivity contribution in [2.75, 3.05) is 0 Å². The molecule has 1 atom stereocenters. The molecule has 3 aromatic carbocycles. The summed E-state index contributed by atoms with van der Waals surface area (Å²) in [6, 6.07) is 19.5. The molecular weight excluding hydrogens is 432 g/mol. The Balaban J connectivity index is 1.68. The van der Waals surface area contributed by atoms with Gasteiger partial charge in [-0.2, -0.15) is 0 Å². The van der Waals surface area contributed by atoms with Crippen LogP contribution in [0.5, 0.6) is 5.75 Å². The lowest BCUT2D eigenvalue weighted by Gasteiger charge is -2.27. The molecule has 1 aliphatic heterocycles. The number of rotatable bonds is 2. The van der Waals surface area contributed by atoms with Crippen molar-refractivity contribution in [3.63, 3.8) is 0 Å². The molecule has 0 fully saturated rings. The minimum atomic E-state index is -0.558. The normalized spacial score (nSPS) is 15.3. The zero-order valence-corrected chi connectivity index (χ0v) is 18.2. The smallest absolute Gasteiger partial charge is 0.336 e. The predicted octanol–water partition coefficient (Wildman–Crippen LogP) is 5.32. The highest BCUT2D eigenvalue weighted by atomic mass is 16.5. The third kappa shape index (κ3) is 3.07. The number of para-hydroxylation sites is 1. The molecule has 34 heavy (non-hydrogen) atoms. The van der Waals surface area contributed by atoms with E-state index in [0.29, 0.717) is 44.4 Å². The highest BCUT2D eigenvalue weighted by molar-refractivity contribution is 6.01. The van der Waals surface area contributed by atoms with Gasteiger partial charge in [-0.05, 0) is 36.2 Å². The van der Waals surface area contributed by atoms with E-state index in [2.05, 4.69) is 0 Å². The maximum atomic E-state index is 13.4. The average Bonchev–Trinajstić information content (AvgIpc) is 2.84. The zero-order valence-electron chi connectivity index (χ0n) is 18.2. The van der Waals surface area contributed by atoms with Gasteiger partial charge in [-0.25, -0.2) is 4.79 Å². The second-order valence-corrected chi connectivity index (χ2v) is 8.40. The monoisotopic (exact) mass is 450 g/mol. The number of carbonyl (C=O) groups is 1. The van der Waals surface area contributed by atoms with Crippen molar-refractivity contribution in [2.24, 2.45) is 0 Å². The molecule has 1 aliphatic rings. The fraction of sp³-hybridized carbons (Fsp3) is 0.107. The maximum Gasteiger partial charge on any atom is 0.336 e. The third-order valence-electron chi connectivity index (χ3n) is 6.33. The van der Waals surface area contributed by atoms with Crippen LogP contribution in [0.3, 0.4) is 0 Å². The largest absolute Gasteiger partial charge is 0.464 e. The van der Waals surface area contributed by atoms with Gasteiger partial charge < -0.3 is 13.6 Å². The SMILES string of the molecule is Cc1cc2oc(=O)cc(-c3ccccc3)c2c2c1C(c1coc3ccccc3c1=O)CC(=O)O2. The molecule has 6 rings (SSSR count). The fourth-order valence-electron chi connectivity index (χ4n) is 4.84. The Morgan fingerprint density at radius 1 is 0.882 bits per heavy atom. The summed E-state index contributed by atoms with van der Waals surface area (Å²) in [4.78, 5) is 38.5. The zero-order chi connectivity index (χ0) is 23.4. The quantitative estimate of drug-likeness (QED) is 0.206. The van der Waals surface area contributed by atoms with Gasteiger partial charge in [-0.1, -0.05) is 42.5 Å². The Labute approximate surface area is 193 Å². The number of esters is 1. The Morgan fingerprint density at radius 2 is 1.65 bits per heavy atom. The average molecular weight is 450 g/mol. The summed E-state index contributed by atoms with van der Waals surface area (Å²) < 4.78 is 17.0. The molecule has 0 bridgehead atoms. The Hall–Kier alpha value is -4.45. The van der Waals surface area contributed by atoms with Crippen molar-refractivity contribution in [2.45, 2.75) is 19.3 Å². The first-order chi connectivity index (χ1) is 16.5. The van der Waals surface area contributed by atoms with Crippen LogP contribution >= 0.6 is 0 Å². The van der Waals surface area contributed by atoms with E-state index in [1.807, 2.05) is 37.3 Å². The van der Waals surface area contributed by atoms with Crippen molar-refractivity contribution in [1.82, 2.24) is 0 Å². The molecule has 0 saturated heterocycles. The van der Waals surface area contributed by atoms with E-state index >= 15 is 0 Å². The van der Waals surface area contributed by atoms with Crippen molar-refractivity contribution >= 4 is 27.9 Å². The van der Waals surface area contributed by atoms with Crippen LogP contribution < -0.4 is 15.8 Å². The maximum absolute atomic E-state index is 13.4. The summed E-state index contributed by atoms with van der Waals surface area (Å²) in [6.45, 7) is 1.85. The minimum Gasteiger partial charge on any atom is -0.464 e. The molecule has 1 unspecified atom stereocenters. The molecule has 5 aromatic rings. The summed E-state index contributed by atoms with van der Waals surface area (Å²) in [5.74, 6) is -0.717. The third-order valence-corrected chi connectivity index (χ3v) is 6.33. The highest BCUT2D eigenvalue weighted by Gasteiger charge is 2.35. The minimum absolute atomic E-state index is 0.0001000. The van der Waals surface area contributed by atoms with Gasteiger partial charge in [0.05, 0.1) is 23.5 Å². The van der Waals surface area contributed by atoms with Crippen LogP contribution in [-0.4, -0.2) is 5.97 Å². The molecule has 0 saturated carbocycles. The molecule has 0 spiro atoms. The van der Waals surface area contributed by atoms with Crippen molar-refractivity contribution in [3.05, 3.63) is 110 Å². The molecular formula is C28H18O6. The molecule has 0 aliphatic carbocycles. The van der Waals surface area contributed by atoms with Crippen molar-refractivity contribution < 1.29 is 18.4 Å². The Morgan fingerprint density at radius 3 is 2.47 bits per heavy atom. The van der Waals surface area contributed by atoms with Crippen LogP contribution in [-0.2, 0) is 4.79 Å². The lowest BCUT2D eigenvalue weighted by Crippen LogP contribution is -2.26. The molecule has 2 aromatic heterocycles. The first kappa shape index (κ1) is 20.2. The molecule has 0 amide bonds. The first-order valence-electron chi connectivity index (χ1n) is 10.9. The van der Waals surface area contributed by atoms with Crippen LogP contribution in [0.15, 0.2) is 91.4 Å². The van der Waals surface area contributed by atoms with E-state index in [4.69, 9.17) is 13.6 Å². The van der Waals surface area contributed by atoms with Gasteiger partial charge in [-0.15, -0.1) is 0 Å². The number of hydrogen-bond donors (Lipinski definition) is 0. The van der Waals surface area contributed by atoms with E-state index in [1.54, 1.807) is 30.3 Å². The van der Waals surface area contributed by atoms with Gasteiger partial charge in [0.25, 0.3) is 0 Å². The topological polar surface area (TPSA) is 86.7 Å². The van der Waals surface area contributed by atoms with E-state index in [0.717, 1.165) is 11.1 Å². The van der Waals surface area contributed by atoms with E-state index in [1.165, 1.54) is 12.3 Å². The van der Waals surface area contributed by atoms with Crippen molar-refractivity contribution in [3.8, 4) is 16.9 Å². The van der Waals surface area contributed by atoms with Gasteiger partial charge in [0.2, 0.25) is 0 Å². The first-order valence-corrected chi connectivity index (χ1v) is 10.9. The second kappa shape index (κ2) is 7.56. The molecule has 0 N–H and O–H groups in total. The van der Waals surface area contributed by atoms with Crippen molar-refractivity contribution in [1.29, 1.82) is 0 Å². The van der Waals surface area contributed by atoms with E-state index in [-0.39, 0.29) is 11.8 Å². The number of benzene rings is 3. The summed E-state index contributed by atoms with van der Waals surface area (Å²) >= 11 is 0. The van der Waals surface area contributed by atoms with Gasteiger partial charge in [0.15, 0.2) is 5.43 Å². The van der Waals surface area contributed by atoms with Gasteiger partial charge in [0, 0.05) is 28.7 Å². The number of hydrogen-bond acceptors (Lipinski definition) is 6. The molecule has 6 heteroatoms. The fourth-order valence-corrected chi connectivity index (χ4v) is 4.84. The number of fused-ring (bicyclic) bond motifs is 4.